The number of esters is 1. The second-order valence-corrected chi connectivity index (χ2v) is 4.15. The van der Waals surface area contributed by atoms with Crippen molar-refractivity contribution >= 4 is 30.2 Å². The van der Waals surface area contributed by atoms with Crippen LogP contribution in [0.15, 0.2) is 0 Å². The average molecular weight is 306 g/mol. The molecule has 0 aliphatic carbocycles. The summed E-state index contributed by atoms with van der Waals surface area (Å²) in [6, 6.07) is 0. The topological polar surface area (TPSA) is 174 Å². The number of carboxylic acid groups (broad SMARTS) is 1. The van der Waals surface area contributed by atoms with Crippen LogP contribution >= 0.6 is 0 Å². The van der Waals surface area contributed by atoms with Gasteiger partial charge in [0.2, 0.25) is 0 Å². The Bertz CT molecular complexity index is 493. The van der Waals surface area contributed by atoms with Gasteiger partial charge in [0.25, 0.3) is 0 Å². The van der Waals surface area contributed by atoms with Crippen LogP contribution in [0.4, 0.5) is 0 Å². The smallest absolute Gasteiger partial charge is 0.387 e. The minimum Gasteiger partial charge on any atom is -0.476 e. The molecule has 11 heteroatoms. The van der Waals surface area contributed by atoms with E-state index in [2.05, 4.69) is 14.5 Å². The van der Waals surface area contributed by atoms with Crippen LogP contribution in [0, 0.1) is 0 Å². The summed E-state index contributed by atoms with van der Waals surface area (Å²) in [5.74, 6) is -10.1. The highest BCUT2D eigenvalue weighted by Gasteiger charge is 2.49. The lowest BCUT2D eigenvalue weighted by atomic mass is 9.96. The fourth-order valence-corrected chi connectivity index (χ4v) is 1.37. The molecule has 3 N–H and O–H groups in total. The zero-order valence-electron chi connectivity index (χ0n) is 10.3. The van der Waals surface area contributed by atoms with E-state index in [0.717, 1.165) is 0 Å². The molecule has 1 rings (SSSR count). The molecule has 0 amide bonds. The van der Waals surface area contributed by atoms with Gasteiger partial charge in [0.1, 0.15) is 12.7 Å². The molecule has 116 valence electrons. The van der Waals surface area contributed by atoms with Gasteiger partial charge in [-0.05, 0) is 0 Å². The van der Waals surface area contributed by atoms with Crippen LogP contribution in [0.5, 0.6) is 0 Å². The Hall–Kier alpha value is -2.53. The summed E-state index contributed by atoms with van der Waals surface area (Å²) in [6.45, 7) is 0. The van der Waals surface area contributed by atoms with Crippen LogP contribution in [-0.2, 0) is 38.5 Å². The third-order valence-corrected chi connectivity index (χ3v) is 2.45. The zero-order valence-corrected chi connectivity index (χ0v) is 10.3. The summed E-state index contributed by atoms with van der Waals surface area (Å²) < 4.78 is 4.17. The summed E-state index contributed by atoms with van der Waals surface area (Å²) >= 11 is 0. The lowest BCUT2D eigenvalue weighted by molar-refractivity contribution is -0.282. The summed E-state index contributed by atoms with van der Waals surface area (Å²) in [4.78, 5) is 63.1. The minimum absolute atomic E-state index is 0.0749. The fourth-order valence-electron chi connectivity index (χ4n) is 1.37. The first kappa shape index (κ1) is 16.5. The van der Waals surface area contributed by atoms with E-state index in [1.54, 1.807) is 0 Å². The molecule has 1 aliphatic rings. The molecule has 1 fully saturated rings. The van der Waals surface area contributed by atoms with Crippen molar-refractivity contribution < 1.29 is 53.8 Å². The van der Waals surface area contributed by atoms with Gasteiger partial charge in [0.15, 0.2) is 5.60 Å². The maximum Gasteiger partial charge on any atom is 0.387 e. The maximum absolute atomic E-state index is 11.5. The van der Waals surface area contributed by atoms with E-state index in [9.17, 15) is 34.2 Å². The van der Waals surface area contributed by atoms with Crippen LogP contribution in [-0.4, -0.2) is 56.9 Å². The Morgan fingerprint density at radius 1 is 1.14 bits per heavy atom. The Morgan fingerprint density at radius 2 is 1.76 bits per heavy atom. The average Bonchev–Trinajstić information content (AvgIpc) is 2.34. The monoisotopic (exact) mass is 306 g/mol. The standard InChI is InChI=1S/C10H10O11/c11-2-1-9(17)3-5(12)19-10(18,7(14)15)4-6(13)20-21-8(9)16/h2,17-18H,1,3-4H2,(H,14,15). The molecular formula is C10H10O11. The number of carboxylic acids is 1. The highest BCUT2D eigenvalue weighted by Crippen LogP contribution is 2.23. The molecule has 1 saturated heterocycles. The van der Waals surface area contributed by atoms with Gasteiger partial charge in [-0.1, -0.05) is 0 Å². The molecule has 0 aromatic carbocycles. The first-order chi connectivity index (χ1) is 9.63. The molecular weight excluding hydrogens is 296 g/mol. The third-order valence-electron chi connectivity index (χ3n) is 2.45. The lowest BCUT2D eigenvalue weighted by Gasteiger charge is -2.27. The number of carbonyl (C=O) groups excluding carboxylic acids is 4. The van der Waals surface area contributed by atoms with Crippen LogP contribution in [0.1, 0.15) is 19.3 Å². The number of aliphatic carboxylic acids is 1. The Labute approximate surface area is 115 Å². The molecule has 11 nitrogen and oxygen atoms in total. The van der Waals surface area contributed by atoms with E-state index < -0.39 is 54.5 Å². The molecule has 0 saturated carbocycles. The summed E-state index contributed by atoms with van der Waals surface area (Å²) in [5.41, 5.74) is -2.73. The number of hydrogen-bond acceptors (Lipinski definition) is 10. The molecule has 2 atom stereocenters. The number of aldehydes is 1. The van der Waals surface area contributed by atoms with Crippen LogP contribution in [0.3, 0.4) is 0 Å². The van der Waals surface area contributed by atoms with Crippen molar-refractivity contribution in [3.05, 3.63) is 0 Å². The van der Waals surface area contributed by atoms with Crippen molar-refractivity contribution in [2.45, 2.75) is 30.7 Å². The van der Waals surface area contributed by atoms with Gasteiger partial charge >= 0.3 is 29.7 Å². The molecule has 2 unspecified atom stereocenters. The van der Waals surface area contributed by atoms with E-state index in [1.807, 2.05) is 0 Å². The van der Waals surface area contributed by atoms with Crippen molar-refractivity contribution in [1.29, 1.82) is 0 Å². The van der Waals surface area contributed by atoms with Crippen molar-refractivity contribution in [1.82, 2.24) is 0 Å². The molecule has 21 heavy (non-hydrogen) atoms. The van der Waals surface area contributed by atoms with Crippen LogP contribution in [0.25, 0.3) is 0 Å². The summed E-state index contributed by atoms with van der Waals surface area (Å²) in [6.07, 6.45) is -3.39. The number of carbonyl (C=O) groups is 5. The quantitative estimate of drug-likeness (QED) is 0.283. The van der Waals surface area contributed by atoms with E-state index in [4.69, 9.17) is 5.11 Å². The first-order valence-electron chi connectivity index (χ1n) is 5.38. The third kappa shape index (κ3) is 3.73. The van der Waals surface area contributed by atoms with Gasteiger partial charge in [-0.3, -0.25) is 4.79 Å². The largest absolute Gasteiger partial charge is 0.476 e. The summed E-state index contributed by atoms with van der Waals surface area (Å²) in [7, 11) is 0. The van der Waals surface area contributed by atoms with Gasteiger partial charge in [-0.2, -0.15) is 0 Å². The van der Waals surface area contributed by atoms with E-state index in [-0.39, 0.29) is 6.29 Å². The second-order valence-electron chi connectivity index (χ2n) is 4.15. The molecule has 0 radical (unpaired) electrons. The van der Waals surface area contributed by atoms with Crippen molar-refractivity contribution in [3.63, 3.8) is 0 Å². The highest BCUT2D eigenvalue weighted by atomic mass is 17.2. The second kappa shape index (κ2) is 5.85. The number of rotatable bonds is 3. The van der Waals surface area contributed by atoms with Gasteiger partial charge < -0.3 is 24.9 Å². The van der Waals surface area contributed by atoms with Crippen molar-refractivity contribution in [2.75, 3.05) is 0 Å². The summed E-state index contributed by atoms with van der Waals surface area (Å²) in [5, 5.41) is 28.1. The predicted molar refractivity (Wildman–Crippen MR) is 55.7 cm³/mol. The Kier molecular flexibility index (Phi) is 4.60. The molecule has 1 aliphatic heterocycles. The Balaban J connectivity index is 3.11. The lowest BCUT2D eigenvalue weighted by Crippen LogP contribution is -2.50. The minimum atomic E-state index is -3.26. The molecule has 0 spiro atoms. The first-order valence-corrected chi connectivity index (χ1v) is 5.38. The molecule has 0 aromatic heterocycles. The normalized spacial score (nSPS) is 30.7. The molecule has 0 bridgehead atoms. The number of hydrogen-bond donors (Lipinski definition) is 3. The zero-order chi connectivity index (χ0) is 16.3. The number of ether oxygens (including phenoxy) is 1. The predicted octanol–water partition coefficient (Wildman–Crippen LogP) is -2.58. The van der Waals surface area contributed by atoms with Crippen molar-refractivity contribution in [3.8, 4) is 0 Å². The number of cyclic esters (lactones) is 1. The van der Waals surface area contributed by atoms with E-state index in [0.29, 0.717) is 0 Å². The van der Waals surface area contributed by atoms with Crippen LogP contribution in [0.2, 0.25) is 0 Å². The van der Waals surface area contributed by atoms with Gasteiger partial charge in [-0.25, -0.2) is 24.2 Å². The van der Waals surface area contributed by atoms with Gasteiger partial charge in [-0.15, -0.1) is 0 Å². The van der Waals surface area contributed by atoms with Gasteiger partial charge in [0.05, 0.1) is 6.42 Å². The molecule has 1 heterocycles. The Morgan fingerprint density at radius 3 is 2.29 bits per heavy atom. The SMILES string of the molecule is O=CCC1(O)CC(=O)OC(O)(C(=O)O)CC(=O)OOC1=O. The van der Waals surface area contributed by atoms with Crippen LogP contribution < -0.4 is 0 Å². The highest BCUT2D eigenvalue weighted by molar-refractivity contribution is 5.91. The van der Waals surface area contributed by atoms with Gasteiger partial charge in [0, 0.05) is 6.42 Å². The fraction of sp³-hybridized carbons (Fsp3) is 0.500. The van der Waals surface area contributed by atoms with E-state index >= 15 is 0 Å². The number of aliphatic hydroxyl groups is 2. The molecule has 0 aromatic rings. The van der Waals surface area contributed by atoms with E-state index in [1.165, 1.54) is 0 Å². The van der Waals surface area contributed by atoms with Crippen molar-refractivity contribution in [2.24, 2.45) is 0 Å². The maximum atomic E-state index is 11.5.